The van der Waals surface area contributed by atoms with Crippen LogP contribution in [0, 0.1) is 25.2 Å². The number of carbonyl (C=O) groups is 1. The molecule has 0 spiro atoms. The van der Waals surface area contributed by atoms with Gasteiger partial charge in [-0.25, -0.2) is 9.78 Å². The van der Waals surface area contributed by atoms with Crippen LogP contribution in [0.1, 0.15) is 33.1 Å². The third-order valence-corrected chi connectivity index (χ3v) is 5.06. The predicted octanol–water partition coefficient (Wildman–Crippen LogP) is 4.82. The number of H-pyrrole nitrogens is 1. The molecule has 0 radical (unpaired) electrons. The first-order valence-electron chi connectivity index (χ1n) is 9.46. The number of carbonyl (C=O) groups excluding carboxylic acids is 1. The molecular formula is C24H20N4O2. The molecule has 30 heavy (non-hydrogen) atoms. The minimum Gasteiger partial charge on any atom is -0.465 e. The van der Waals surface area contributed by atoms with Crippen LogP contribution in [0.25, 0.3) is 28.4 Å². The summed E-state index contributed by atoms with van der Waals surface area (Å²) in [7, 11) is 1.37. The van der Waals surface area contributed by atoms with Gasteiger partial charge in [-0.15, -0.1) is 0 Å². The van der Waals surface area contributed by atoms with Crippen molar-refractivity contribution in [2.45, 2.75) is 13.8 Å². The van der Waals surface area contributed by atoms with Crippen molar-refractivity contribution in [2.24, 2.45) is 0 Å². The van der Waals surface area contributed by atoms with Crippen LogP contribution in [0.3, 0.4) is 0 Å². The third-order valence-electron chi connectivity index (χ3n) is 5.06. The third kappa shape index (κ3) is 3.38. The van der Waals surface area contributed by atoms with Gasteiger partial charge in [0.05, 0.1) is 29.3 Å². The Balaban J connectivity index is 1.78. The lowest BCUT2D eigenvalue weighted by Crippen LogP contribution is -2.04. The van der Waals surface area contributed by atoms with Gasteiger partial charge in [-0.1, -0.05) is 18.2 Å². The van der Waals surface area contributed by atoms with Crippen molar-refractivity contribution >= 4 is 28.7 Å². The van der Waals surface area contributed by atoms with Crippen molar-refractivity contribution in [3.63, 3.8) is 0 Å². The van der Waals surface area contributed by atoms with Crippen molar-refractivity contribution in [1.82, 2.24) is 14.5 Å². The Hall–Kier alpha value is -4.11. The average molecular weight is 396 g/mol. The number of hydrogen-bond acceptors (Lipinski definition) is 4. The number of esters is 1. The Labute approximate surface area is 174 Å². The van der Waals surface area contributed by atoms with Gasteiger partial charge in [0.25, 0.3) is 0 Å². The van der Waals surface area contributed by atoms with E-state index < -0.39 is 0 Å². The van der Waals surface area contributed by atoms with E-state index in [-0.39, 0.29) is 5.97 Å². The Morgan fingerprint density at radius 3 is 2.70 bits per heavy atom. The van der Waals surface area contributed by atoms with E-state index in [1.54, 1.807) is 12.1 Å². The number of ether oxygens (including phenoxy) is 1. The van der Waals surface area contributed by atoms with Crippen LogP contribution >= 0.6 is 0 Å². The highest BCUT2D eigenvalue weighted by Crippen LogP contribution is 2.26. The summed E-state index contributed by atoms with van der Waals surface area (Å²) in [5, 5.41) is 9.74. The number of allylic oxidation sites excluding steroid dienone is 1. The summed E-state index contributed by atoms with van der Waals surface area (Å²) in [6.45, 7) is 3.97. The molecule has 4 rings (SSSR count). The van der Waals surface area contributed by atoms with E-state index in [0.29, 0.717) is 17.0 Å². The fraction of sp³-hybridized carbons (Fsp3) is 0.125. The molecule has 0 fully saturated rings. The van der Waals surface area contributed by atoms with Crippen LogP contribution in [-0.4, -0.2) is 27.6 Å². The molecule has 0 saturated carbocycles. The van der Waals surface area contributed by atoms with Crippen LogP contribution in [0.15, 0.2) is 54.6 Å². The number of hydrogen-bond donors (Lipinski definition) is 1. The summed E-state index contributed by atoms with van der Waals surface area (Å²) in [4.78, 5) is 19.6. The predicted molar refractivity (Wildman–Crippen MR) is 116 cm³/mol. The highest BCUT2D eigenvalue weighted by molar-refractivity contribution is 5.91. The summed E-state index contributed by atoms with van der Waals surface area (Å²) < 4.78 is 6.88. The van der Waals surface area contributed by atoms with Crippen molar-refractivity contribution in [3.8, 4) is 11.8 Å². The molecule has 4 aromatic rings. The number of nitrogens with one attached hydrogen (secondary N) is 1. The quantitative estimate of drug-likeness (QED) is 0.396. The Morgan fingerprint density at radius 1 is 1.17 bits per heavy atom. The molecule has 0 saturated heterocycles. The maximum absolute atomic E-state index is 11.9. The molecule has 6 heteroatoms. The monoisotopic (exact) mass is 396 g/mol. The van der Waals surface area contributed by atoms with Crippen LogP contribution in [-0.2, 0) is 4.74 Å². The number of nitrogens with zero attached hydrogens (tertiary/aromatic N) is 3. The van der Waals surface area contributed by atoms with Crippen LogP contribution in [0.5, 0.6) is 0 Å². The molecule has 0 aliphatic rings. The number of aryl methyl sites for hydroxylation is 1. The number of aromatic nitrogens is 3. The number of nitriles is 1. The zero-order valence-corrected chi connectivity index (χ0v) is 16.9. The van der Waals surface area contributed by atoms with Gasteiger partial charge in [0.2, 0.25) is 0 Å². The molecule has 148 valence electrons. The van der Waals surface area contributed by atoms with E-state index in [2.05, 4.69) is 16.0 Å². The molecule has 0 bridgehead atoms. The lowest BCUT2D eigenvalue weighted by atomic mass is 10.1. The Bertz CT molecular complexity index is 1300. The summed E-state index contributed by atoms with van der Waals surface area (Å²) in [5.41, 5.74) is 6.36. The van der Waals surface area contributed by atoms with Crippen LogP contribution in [0.4, 0.5) is 0 Å². The first-order valence-corrected chi connectivity index (χ1v) is 9.46. The van der Waals surface area contributed by atoms with E-state index >= 15 is 0 Å². The van der Waals surface area contributed by atoms with Gasteiger partial charge in [-0.3, -0.25) is 0 Å². The maximum Gasteiger partial charge on any atom is 0.337 e. The van der Waals surface area contributed by atoms with Gasteiger partial charge < -0.3 is 14.3 Å². The minimum atomic E-state index is -0.379. The van der Waals surface area contributed by atoms with Crippen molar-refractivity contribution in [1.29, 1.82) is 5.26 Å². The summed E-state index contributed by atoms with van der Waals surface area (Å²) in [6.07, 6.45) is 1.83. The molecule has 2 heterocycles. The second kappa shape index (κ2) is 7.72. The molecule has 2 aromatic carbocycles. The highest BCUT2D eigenvalue weighted by atomic mass is 16.5. The Morgan fingerprint density at radius 2 is 1.97 bits per heavy atom. The molecule has 0 unspecified atom stereocenters. The fourth-order valence-electron chi connectivity index (χ4n) is 3.61. The number of imidazole rings is 1. The molecule has 0 aliphatic heterocycles. The lowest BCUT2D eigenvalue weighted by Gasteiger charge is -2.11. The molecule has 0 atom stereocenters. The second-order valence-corrected chi connectivity index (χ2v) is 6.98. The first-order chi connectivity index (χ1) is 14.5. The zero-order valence-electron chi connectivity index (χ0n) is 16.9. The molecule has 0 amide bonds. The van der Waals surface area contributed by atoms with Gasteiger partial charge in [-0.2, -0.15) is 5.26 Å². The number of para-hydroxylation sites is 2. The standard InChI is InChI=1S/C24H20N4O2/c1-15-11-18(12-19(14-25)23-26-21-9-4-5-10-22(21)27-23)16(2)28(15)20-8-6-7-17(13-20)24(29)30-3/h4-13H,1-3H3,(H,26,27). The van der Waals surface area contributed by atoms with E-state index in [1.165, 1.54) is 7.11 Å². The highest BCUT2D eigenvalue weighted by Gasteiger charge is 2.14. The minimum absolute atomic E-state index is 0.379. The SMILES string of the molecule is COC(=O)c1cccc(-n2c(C)cc(C=C(C#N)c3nc4ccccc4[nH]3)c2C)c1. The van der Waals surface area contributed by atoms with Gasteiger partial charge in [0.15, 0.2) is 0 Å². The number of benzene rings is 2. The molecule has 0 aliphatic carbocycles. The average Bonchev–Trinajstić information content (AvgIpc) is 3.31. The molecule has 2 aromatic heterocycles. The van der Waals surface area contributed by atoms with Gasteiger partial charge in [0.1, 0.15) is 11.9 Å². The van der Waals surface area contributed by atoms with E-state index in [9.17, 15) is 10.1 Å². The number of rotatable bonds is 4. The summed E-state index contributed by atoms with van der Waals surface area (Å²) in [6, 6.07) is 19.2. The first kappa shape index (κ1) is 19.2. The van der Waals surface area contributed by atoms with Crippen LogP contribution < -0.4 is 0 Å². The number of aromatic amines is 1. The number of fused-ring (bicyclic) bond motifs is 1. The maximum atomic E-state index is 11.9. The second-order valence-electron chi connectivity index (χ2n) is 6.98. The molecule has 6 nitrogen and oxygen atoms in total. The fourth-order valence-corrected chi connectivity index (χ4v) is 3.61. The molecular weight excluding hydrogens is 376 g/mol. The normalized spacial score (nSPS) is 11.5. The zero-order chi connectivity index (χ0) is 21.3. The van der Waals surface area contributed by atoms with Crippen molar-refractivity contribution < 1.29 is 9.53 Å². The van der Waals surface area contributed by atoms with Crippen molar-refractivity contribution in [3.05, 3.63) is 82.9 Å². The summed E-state index contributed by atoms with van der Waals surface area (Å²) >= 11 is 0. The van der Waals surface area contributed by atoms with Gasteiger partial charge in [-0.05, 0) is 61.9 Å². The van der Waals surface area contributed by atoms with E-state index in [0.717, 1.165) is 33.7 Å². The van der Waals surface area contributed by atoms with Crippen LogP contribution in [0.2, 0.25) is 0 Å². The van der Waals surface area contributed by atoms with Gasteiger partial charge >= 0.3 is 5.97 Å². The van der Waals surface area contributed by atoms with Crippen molar-refractivity contribution in [2.75, 3.05) is 7.11 Å². The van der Waals surface area contributed by atoms with Gasteiger partial charge in [0, 0.05) is 17.1 Å². The topological polar surface area (TPSA) is 83.7 Å². The van der Waals surface area contributed by atoms with E-state index in [1.807, 2.05) is 67.0 Å². The van der Waals surface area contributed by atoms with E-state index in [4.69, 9.17) is 4.74 Å². The lowest BCUT2D eigenvalue weighted by molar-refractivity contribution is 0.0600. The largest absolute Gasteiger partial charge is 0.465 e. The molecule has 1 N–H and O–H groups in total. The summed E-state index contributed by atoms with van der Waals surface area (Å²) in [5.74, 6) is 0.160. The Kier molecular flexibility index (Phi) is 4.95. The number of methoxy groups -OCH3 is 1. The smallest absolute Gasteiger partial charge is 0.337 e.